The minimum atomic E-state index is -4.45. The normalized spacial score (nSPS) is 14.6. The molecule has 0 aliphatic heterocycles. The number of pyridine rings is 1. The van der Waals surface area contributed by atoms with Crippen molar-refractivity contribution in [2.45, 2.75) is 38.3 Å². The molecule has 0 atom stereocenters. The first-order valence-electron chi connectivity index (χ1n) is 8.50. The van der Waals surface area contributed by atoms with Gasteiger partial charge in [-0.25, -0.2) is 9.37 Å². The zero-order valence-corrected chi connectivity index (χ0v) is 14.6. The maximum absolute atomic E-state index is 13.9. The molecule has 1 aromatic carbocycles. The standard InChI is InChI=1S/C19H18F4N2O2/c1-11-7-14(27-10-19(21,22)23)9-24-17(11)18(26)25-13-5-6-16(20)15(8-13)12-3-2-4-12/h5-9,12H,2-4,10H2,1H3,(H,25,26). The van der Waals surface area contributed by atoms with Crippen molar-refractivity contribution in [3.8, 4) is 5.75 Å². The molecule has 1 aromatic heterocycles. The lowest BCUT2D eigenvalue weighted by atomic mass is 9.80. The van der Waals surface area contributed by atoms with E-state index in [2.05, 4.69) is 15.0 Å². The van der Waals surface area contributed by atoms with Gasteiger partial charge < -0.3 is 10.1 Å². The first-order chi connectivity index (χ1) is 12.7. The molecule has 0 saturated heterocycles. The number of aromatic nitrogens is 1. The zero-order valence-electron chi connectivity index (χ0n) is 14.6. The SMILES string of the molecule is Cc1cc(OCC(F)(F)F)cnc1C(=O)Nc1ccc(F)c(C2CCC2)c1. The number of alkyl halides is 3. The first kappa shape index (κ1) is 19.1. The van der Waals surface area contributed by atoms with Crippen molar-refractivity contribution < 1.29 is 27.1 Å². The Hall–Kier alpha value is -2.64. The second-order valence-corrected chi connectivity index (χ2v) is 6.56. The van der Waals surface area contributed by atoms with Crippen LogP contribution in [0.15, 0.2) is 30.5 Å². The Morgan fingerprint density at radius 1 is 1.30 bits per heavy atom. The van der Waals surface area contributed by atoms with Gasteiger partial charge in [-0.05, 0) is 61.1 Å². The van der Waals surface area contributed by atoms with E-state index in [0.717, 1.165) is 25.5 Å². The van der Waals surface area contributed by atoms with E-state index in [4.69, 9.17) is 0 Å². The first-order valence-corrected chi connectivity index (χ1v) is 8.50. The second-order valence-electron chi connectivity index (χ2n) is 6.56. The second kappa shape index (κ2) is 7.54. The highest BCUT2D eigenvalue weighted by Crippen LogP contribution is 2.38. The maximum atomic E-state index is 13.9. The molecule has 0 spiro atoms. The highest BCUT2D eigenvalue weighted by atomic mass is 19.4. The van der Waals surface area contributed by atoms with Gasteiger partial charge in [0.05, 0.1) is 6.20 Å². The summed E-state index contributed by atoms with van der Waals surface area (Å²) in [5.74, 6) is -0.721. The Morgan fingerprint density at radius 2 is 2.04 bits per heavy atom. The maximum Gasteiger partial charge on any atom is 0.422 e. The van der Waals surface area contributed by atoms with Crippen molar-refractivity contribution >= 4 is 11.6 Å². The van der Waals surface area contributed by atoms with Crippen LogP contribution in [0.5, 0.6) is 5.75 Å². The molecule has 3 rings (SSSR count). The fourth-order valence-electron chi connectivity index (χ4n) is 2.87. The number of aryl methyl sites for hydroxylation is 1. The van der Waals surface area contributed by atoms with Gasteiger partial charge in [0.1, 0.15) is 17.3 Å². The topological polar surface area (TPSA) is 51.2 Å². The molecule has 1 aliphatic carbocycles. The van der Waals surface area contributed by atoms with E-state index in [9.17, 15) is 22.4 Å². The highest BCUT2D eigenvalue weighted by Gasteiger charge is 2.28. The minimum Gasteiger partial charge on any atom is -0.482 e. The van der Waals surface area contributed by atoms with Crippen LogP contribution in [0.4, 0.5) is 23.2 Å². The summed E-state index contributed by atoms with van der Waals surface area (Å²) in [5, 5.41) is 2.66. The summed E-state index contributed by atoms with van der Waals surface area (Å²) >= 11 is 0. The Labute approximate surface area is 153 Å². The van der Waals surface area contributed by atoms with Gasteiger partial charge in [-0.1, -0.05) is 6.42 Å². The molecular formula is C19H18F4N2O2. The van der Waals surface area contributed by atoms with E-state index in [0.29, 0.717) is 16.8 Å². The fourth-order valence-corrected chi connectivity index (χ4v) is 2.87. The molecule has 1 amide bonds. The van der Waals surface area contributed by atoms with Crippen LogP contribution in [0.2, 0.25) is 0 Å². The number of benzene rings is 1. The van der Waals surface area contributed by atoms with Gasteiger partial charge in [0, 0.05) is 5.69 Å². The highest BCUT2D eigenvalue weighted by molar-refractivity contribution is 6.03. The van der Waals surface area contributed by atoms with Crippen LogP contribution in [0.1, 0.15) is 46.8 Å². The zero-order chi connectivity index (χ0) is 19.6. The van der Waals surface area contributed by atoms with Gasteiger partial charge >= 0.3 is 6.18 Å². The summed E-state index contributed by atoms with van der Waals surface area (Å²) < 4.78 is 55.2. The third-order valence-electron chi connectivity index (χ3n) is 4.47. The summed E-state index contributed by atoms with van der Waals surface area (Å²) in [4.78, 5) is 16.3. The number of hydrogen-bond donors (Lipinski definition) is 1. The van der Waals surface area contributed by atoms with Gasteiger partial charge in [-0.15, -0.1) is 0 Å². The average molecular weight is 382 g/mol. The van der Waals surface area contributed by atoms with Crippen LogP contribution < -0.4 is 10.1 Å². The summed E-state index contributed by atoms with van der Waals surface area (Å²) in [6.07, 6.45) is -0.474. The monoisotopic (exact) mass is 382 g/mol. The Morgan fingerprint density at radius 3 is 2.63 bits per heavy atom. The summed E-state index contributed by atoms with van der Waals surface area (Å²) in [6.45, 7) is 0.117. The molecule has 1 heterocycles. The van der Waals surface area contributed by atoms with Gasteiger partial charge in [0.25, 0.3) is 5.91 Å². The number of carbonyl (C=O) groups excluding carboxylic acids is 1. The fraction of sp³-hybridized carbons (Fsp3) is 0.368. The van der Waals surface area contributed by atoms with E-state index in [-0.39, 0.29) is 23.2 Å². The number of anilines is 1. The van der Waals surface area contributed by atoms with Crippen LogP contribution in [0, 0.1) is 12.7 Å². The van der Waals surface area contributed by atoms with Crippen LogP contribution in [0.3, 0.4) is 0 Å². The van der Waals surface area contributed by atoms with Crippen molar-refractivity contribution in [1.29, 1.82) is 0 Å². The quantitative estimate of drug-likeness (QED) is 0.742. The lowest BCUT2D eigenvalue weighted by Crippen LogP contribution is -2.20. The van der Waals surface area contributed by atoms with Crippen molar-refractivity contribution in [2.75, 3.05) is 11.9 Å². The minimum absolute atomic E-state index is 0.0591. The van der Waals surface area contributed by atoms with Crippen molar-refractivity contribution in [3.05, 3.63) is 53.1 Å². The van der Waals surface area contributed by atoms with E-state index < -0.39 is 18.7 Å². The summed E-state index contributed by atoms with van der Waals surface area (Å²) in [6, 6.07) is 5.72. The molecule has 0 radical (unpaired) electrons. The third kappa shape index (κ3) is 4.75. The smallest absolute Gasteiger partial charge is 0.422 e. The molecule has 1 fully saturated rings. The van der Waals surface area contributed by atoms with Gasteiger partial charge in [-0.3, -0.25) is 4.79 Å². The molecule has 8 heteroatoms. The Kier molecular flexibility index (Phi) is 5.34. The van der Waals surface area contributed by atoms with Crippen LogP contribution in [0.25, 0.3) is 0 Å². The van der Waals surface area contributed by atoms with E-state index >= 15 is 0 Å². The van der Waals surface area contributed by atoms with Crippen LogP contribution in [-0.4, -0.2) is 23.7 Å². The molecule has 0 unspecified atom stereocenters. The number of amides is 1. The molecule has 1 N–H and O–H groups in total. The van der Waals surface area contributed by atoms with Crippen molar-refractivity contribution in [1.82, 2.24) is 4.98 Å². The number of nitrogens with one attached hydrogen (secondary N) is 1. The average Bonchev–Trinajstić information content (AvgIpc) is 2.53. The predicted octanol–water partition coefficient (Wildman–Crippen LogP) is 4.99. The number of hydrogen-bond acceptors (Lipinski definition) is 3. The number of nitrogens with zero attached hydrogens (tertiary/aromatic N) is 1. The van der Waals surface area contributed by atoms with E-state index in [1.807, 2.05) is 0 Å². The van der Waals surface area contributed by atoms with E-state index in [1.165, 1.54) is 18.2 Å². The number of ether oxygens (including phenoxy) is 1. The molecule has 27 heavy (non-hydrogen) atoms. The van der Waals surface area contributed by atoms with E-state index in [1.54, 1.807) is 13.0 Å². The number of rotatable bonds is 5. The van der Waals surface area contributed by atoms with Crippen molar-refractivity contribution in [2.24, 2.45) is 0 Å². The van der Waals surface area contributed by atoms with Crippen LogP contribution in [-0.2, 0) is 0 Å². The molecule has 0 bridgehead atoms. The van der Waals surface area contributed by atoms with Gasteiger partial charge in [0.2, 0.25) is 0 Å². The Balaban J connectivity index is 1.71. The predicted molar refractivity (Wildman–Crippen MR) is 91.5 cm³/mol. The lowest BCUT2D eigenvalue weighted by molar-refractivity contribution is -0.153. The van der Waals surface area contributed by atoms with Gasteiger partial charge in [-0.2, -0.15) is 13.2 Å². The Bertz CT molecular complexity index is 848. The molecule has 1 saturated carbocycles. The number of halogens is 4. The molecule has 1 aliphatic rings. The summed E-state index contributed by atoms with van der Waals surface area (Å²) in [7, 11) is 0. The molecule has 4 nitrogen and oxygen atoms in total. The molecular weight excluding hydrogens is 364 g/mol. The molecule has 144 valence electrons. The largest absolute Gasteiger partial charge is 0.482 e. The third-order valence-corrected chi connectivity index (χ3v) is 4.47. The summed E-state index contributed by atoms with van der Waals surface area (Å²) in [5.41, 5.74) is 1.46. The van der Waals surface area contributed by atoms with Crippen LogP contribution >= 0.6 is 0 Å². The molecule has 2 aromatic rings. The number of carbonyl (C=O) groups is 1. The lowest BCUT2D eigenvalue weighted by Gasteiger charge is -2.26. The van der Waals surface area contributed by atoms with Crippen molar-refractivity contribution in [3.63, 3.8) is 0 Å². The van der Waals surface area contributed by atoms with Gasteiger partial charge in [0.15, 0.2) is 6.61 Å².